The van der Waals surface area contributed by atoms with Gasteiger partial charge in [-0.3, -0.25) is 0 Å². The molecule has 1 nitrogen and oxygen atoms in total. The van der Waals surface area contributed by atoms with E-state index >= 15 is 0 Å². The van der Waals surface area contributed by atoms with Crippen molar-refractivity contribution in [3.8, 4) is 0 Å². The molecule has 1 heteroatoms. The summed E-state index contributed by atoms with van der Waals surface area (Å²) in [6.07, 6.45) is 4.15. The van der Waals surface area contributed by atoms with Crippen LogP contribution in [0.3, 0.4) is 0 Å². The molecule has 0 radical (unpaired) electrons. The highest BCUT2D eigenvalue weighted by molar-refractivity contribution is 5.27. The third-order valence-corrected chi connectivity index (χ3v) is 4.80. The fraction of sp³-hybridized carbons (Fsp3) is 0.895. The van der Waals surface area contributed by atoms with Crippen LogP contribution in [0.1, 0.15) is 81.6 Å². The summed E-state index contributed by atoms with van der Waals surface area (Å²) in [6.45, 7) is 21.7. The Labute approximate surface area is 129 Å². The van der Waals surface area contributed by atoms with Crippen LogP contribution in [-0.2, 0) is 0 Å². The molecule has 2 rings (SSSR count). The Hall–Kier alpha value is -0.300. The molecule has 0 aromatic rings. The fourth-order valence-corrected chi connectivity index (χ4v) is 3.51. The molecule has 0 bridgehead atoms. The Morgan fingerprint density at radius 3 is 1.80 bits per heavy atom. The molecule has 1 aliphatic heterocycles. The van der Waals surface area contributed by atoms with Crippen molar-refractivity contribution < 1.29 is 0 Å². The molecule has 0 amide bonds. The lowest BCUT2D eigenvalue weighted by Crippen LogP contribution is -2.44. The van der Waals surface area contributed by atoms with Crippen LogP contribution in [0.25, 0.3) is 0 Å². The number of rotatable bonds is 0. The number of hydrogen-bond donors (Lipinski definition) is 0. The third-order valence-electron chi connectivity index (χ3n) is 4.80. The molecule has 2 atom stereocenters. The molecule has 0 saturated carbocycles. The first-order valence-corrected chi connectivity index (χ1v) is 8.91. The van der Waals surface area contributed by atoms with Gasteiger partial charge in [-0.1, -0.05) is 59.6 Å². The van der Waals surface area contributed by atoms with Crippen molar-refractivity contribution >= 4 is 0 Å². The maximum absolute atomic E-state index is 2.48. The van der Waals surface area contributed by atoms with Gasteiger partial charge in [0.25, 0.3) is 0 Å². The zero-order valence-corrected chi connectivity index (χ0v) is 16.1. The Morgan fingerprint density at radius 1 is 0.950 bits per heavy atom. The van der Waals surface area contributed by atoms with E-state index in [9.17, 15) is 0 Å². The van der Waals surface area contributed by atoms with Crippen LogP contribution in [0, 0.1) is 11.3 Å². The van der Waals surface area contributed by atoms with Gasteiger partial charge in [-0.25, -0.2) is 0 Å². The average Bonchev–Trinajstić information content (AvgIpc) is 2.79. The summed E-state index contributed by atoms with van der Waals surface area (Å²) in [6, 6.07) is 0. The summed E-state index contributed by atoms with van der Waals surface area (Å²) in [4.78, 5) is 2.48. The quantitative estimate of drug-likeness (QED) is 0.482. The maximum Gasteiger partial charge on any atom is 0.00124 e. The summed E-state index contributed by atoms with van der Waals surface area (Å²) in [7, 11) is 2.25. The van der Waals surface area contributed by atoms with Crippen LogP contribution in [0.4, 0.5) is 0 Å². The SMILES string of the molecule is CC.CC.CC.CC1=C(C)C2(CC1)CCN(C)CC2C. The second kappa shape index (κ2) is 11.4. The molecular weight excluding hydrogens is 242 g/mol. The Balaban J connectivity index is 0. The molecular formula is C19H41N. The van der Waals surface area contributed by atoms with Crippen molar-refractivity contribution in [3.63, 3.8) is 0 Å². The molecule has 1 fully saturated rings. The van der Waals surface area contributed by atoms with Crippen LogP contribution < -0.4 is 0 Å². The van der Waals surface area contributed by atoms with Crippen LogP contribution in [0.15, 0.2) is 11.1 Å². The highest BCUT2D eigenvalue weighted by Crippen LogP contribution is 2.52. The van der Waals surface area contributed by atoms with Crippen LogP contribution in [0.2, 0.25) is 0 Å². The van der Waals surface area contributed by atoms with E-state index in [1.165, 1.54) is 32.4 Å². The summed E-state index contributed by atoms with van der Waals surface area (Å²) < 4.78 is 0. The van der Waals surface area contributed by atoms with E-state index in [1.54, 1.807) is 11.1 Å². The second-order valence-corrected chi connectivity index (χ2v) is 5.47. The van der Waals surface area contributed by atoms with Crippen molar-refractivity contribution in [1.29, 1.82) is 0 Å². The zero-order valence-electron chi connectivity index (χ0n) is 16.1. The van der Waals surface area contributed by atoms with Gasteiger partial charge in [-0.15, -0.1) is 0 Å². The van der Waals surface area contributed by atoms with E-state index in [4.69, 9.17) is 0 Å². The first-order chi connectivity index (χ1) is 9.56. The molecule has 122 valence electrons. The molecule has 20 heavy (non-hydrogen) atoms. The van der Waals surface area contributed by atoms with Crippen molar-refractivity contribution in [2.45, 2.75) is 81.6 Å². The van der Waals surface area contributed by atoms with Crippen LogP contribution in [0.5, 0.6) is 0 Å². The van der Waals surface area contributed by atoms with E-state index in [0.717, 1.165) is 5.92 Å². The molecule has 1 spiro atoms. The van der Waals surface area contributed by atoms with Crippen molar-refractivity contribution in [3.05, 3.63) is 11.1 Å². The summed E-state index contributed by atoms with van der Waals surface area (Å²) >= 11 is 0. The van der Waals surface area contributed by atoms with Gasteiger partial charge in [0.15, 0.2) is 0 Å². The summed E-state index contributed by atoms with van der Waals surface area (Å²) in [5, 5.41) is 0. The number of allylic oxidation sites excluding steroid dienone is 2. The molecule has 1 saturated heterocycles. The van der Waals surface area contributed by atoms with Gasteiger partial charge >= 0.3 is 0 Å². The largest absolute Gasteiger partial charge is 0.306 e. The monoisotopic (exact) mass is 283 g/mol. The van der Waals surface area contributed by atoms with Gasteiger partial charge in [0.05, 0.1) is 0 Å². The van der Waals surface area contributed by atoms with Crippen molar-refractivity contribution in [2.75, 3.05) is 20.1 Å². The Kier molecular flexibility index (Phi) is 12.5. The van der Waals surface area contributed by atoms with E-state index in [1.807, 2.05) is 41.5 Å². The van der Waals surface area contributed by atoms with Crippen molar-refractivity contribution in [2.24, 2.45) is 11.3 Å². The number of hydrogen-bond acceptors (Lipinski definition) is 1. The number of likely N-dealkylation sites (tertiary alicyclic amines) is 1. The predicted octanol–water partition coefficient (Wildman–Crippen LogP) is 6.15. The first-order valence-electron chi connectivity index (χ1n) is 8.91. The average molecular weight is 284 g/mol. The lowest BCUT2D eigenvalue weighted by molar-refractivity contribution is 0.0875. The lowest BCUT2D eigenvalue weighted by Gasteiger charge is -2.45. The molecule has 1 heterocycles. The molecule has 2 aliphatic rings. The predicted molar refractivity (Wildman–Crippen MR) is 95.4 cm³/mol. The van der Waals surface area contributed by atoms with Gasteiger partial charge in [0.1, 0.15) is 0 Å². The second-order valence-electron chi connectivity index (χ2n) is 5.47. The van der Waals surface area contributed by atoms with E-state index in [0.29, 0.717) is 5.41 Å². The minimum Gasteiger partial charge on any atom is -0.306 e. The lowest BCUT2D eigenvalue weighted by atomic mass is 9.67. The maximum atomic E-state index is 2.48. The molecule has 0 aromatic carbocycles. The van der Waals surface area contributed by atoms with Crippen molar-refractivity contribution in [1.82, 2.24) is 4.90 Å². The summed E-state index contributed by atoms with van der Waals surface area (Å²) in [5.74, 6) is 0.846. The van der Waals surface area contributed by atoms with E-state index in [-0.39, 0.29) is 0 Å². The smallest absolute Gasteiger partial charge is 0.00124 e. The minimum absolute atomic E-state index is 0.580. The van der Waals surface area contributed by atoms with Gasteiger partial charge in [0.2, 0.25) is 0 Å². The fourth-order valence-electron chi connectivity index (χ4n) is 3.51. The molecule has 1 aliphatic carbocycles. The Bertz CT molecular complexity index is 267. The van der Waals surface area contributed by atoms with Crippen LogP contribution in [-0.4, -0.2) is 25.0 Å². The Morgan fingerprint density at radius 2 is 1.45 bits per heavy atom. The number of piperidine rings is 1. The zero-order chi connectivity index (χ0) is 16.3. The third kappa shape index (κ3) is 4.91. The summed E-state index contributed by atoms with van der Waals surface area (Å²) in [5.41, 5.74) is 3.97. The standard InChI is InChI=1S/C13H23N.3C2H6/c1-10-5-6-13(12(10)3)7-8-14(4)9-11(13)2;3*1-2/h11H,5-9H2,1-4H3;3*1-2H3. The molecule has 0 aromatic heterocycles. The topological polar surface area (TPSA) is 3.24 Å². The highest BCUT2D eigenvalue weighted by Gasteiger charge is 2.43. The van der Waals surface area contributed by atoms with Gasteiger partial charge in [-0.05, 0) is 58.0 Å². The normalized spacial score (nSPS) is 28.8. The van der Waals surface area contributed by atoms with E-state index in [2.05, 4.69) is 32.7 Å². The minimum atomic E-state index is 0.580. The van der Waals surface area contributed by atoms with Crippen LogP contribution >= 0.6 is 0 Å². The first kappa shape index (κ1) is 22.0. The highest BCUT2D eigenvalue weighted by atomic mass is 15.1. The molecule has 2 unspecified atom stereocenters. The van der Waals surface area contributed by atoms with Gasteiger partial charge in [0, 0.05) is 6.54 Å². The molecule has 0 N–H and O–H groups in total. The van der Waals surface area contributed by atoms with Gasteiger partial charge < -0.3 is 4.90 Å². The number of nitrogens with zero attached hydrogens (tertiary/aromatic N) is 1. The van der Waals surface area contributed by atoms with Gasteiger partial charge in [-0.2, -0.15) is 0 Å². The van der Waals surface area contributed by atoms with E-state index < -0.39 is 0 Å².